The van der Waals surface area contributed by atoms with Crippen molar-refractivity contribution in [1.29, 1.82) is 0 Å². The van der Waals surface area contributed by atoms with Gasteiger partial charge in [-0.05, 0) is 55.0 Å². The molecule has 0 aliphatic carbocycles. The van der Waals surface area contributed by atoms with Crippen molar-refractivity contribution in [3.63, 3.8) is 0 Å². The number of thiophene rings is 1. The van der Waals surface area contributed by atoms with E-state index < -0.39 is 0 Å². The highest BCUT2D eigenvalue weighted by Gasteiger charge is 2.22. The molecule has 1 aromatic heterocycles. The van der Waals surface area contributed by atoms with Gasteiger partial charge in [0.1, 0.15) is 0 Å². The van der Waals surface area contributed by atoms with Gasteiger partial charge in [-0.15, -0.1) is 11.3 Å². The van der Waals surface area contributed by atoms with Crippen LogP contribution in [-0.2, 0) is 0 Å². The van der Waals surface area contributed by atoms with Crippen LogP contribution in [-0.4, -0.2) is 29.8 Å². The average Bonchev–Trinajstić information content (AvgIpc) is 2.95. The van der Waals surface area contributed by atoms with E-state index in [-0.39, 0.29) is 6.03 Å². The molecule has 1 saturated heterocycles. The molecule has 0 saturated carbocycles. The van der Waals surface area contributed by atoms with Crippen LogP contribution in [0, 0.1) is 13.8 Å². The minimum Gasteiger partial charge on any atom is -0.324 e. The minimum absolute atomic E-state index is 0.0145. The van der Waals surface area contributed by atoms with E-state index in [0.717, 1.165) is 31.0 Å². The molecule has 2 aromatic rings. The standard InChI is InChI=1S/C18H22N2OS2/c1-13-5-6-15(12-14(13)2)19-18(21)20-8-7-17(23-11-9-20)16-4-3-10-22-16/h3-6,10,12,17H,7-9,11H2,1-2H3,(H,19,21). The summed E-state index contributed by atoms with van der Waals surface area (Å²) in [6, 6.07) is 10.4. The highest BCUT2D eigenvalue weighted by atomic mass is 32.2. The molecule has 1 N–H and O–H groups in total. The smallest absolute Gasteiger partial charge is 0.321 e. The summed E-state index contributed by atoms with van der Waals surface area (Å²) in [6.07, 6.45) is 1.02. The Bertz CT molecular complexity index is 670. The first kappa shape index (κ1) is 16.4. The zero-order valence-corrected chi connectivity index (χ0v) is 15.2. The molecule has 2 amide bonds. The molecule has 23 heavy (non-hydrogen) atoms. The number of amides is 2. The van der Waals surface area contributed by atoms with Gasteiger partial charge in [-0.2, -0.15) is 11.8 Å². The molecule has 0 bridgehead atoms. The van der Waals surface area contributed by atoms with Gasteiger partial charge in [-0.3, -0.25) is 0 Å². The average molecular weight is 347 g/mol. The maximum atomic E-state index is 12.5. The molecule has 1 aliphatic heterocycles. The fraction of sp³-hybridized carbons (Fsp3) is 0.389. The van der Waals surface area contributed by atoms with E-state index in [4.69, 9.17) is 0 Å². The largest absolute Gasteiger partial charge is 0.324 e. The van der Waals surface area contributed by atoms with Gasteiger partial charge in [0.05, 0.1) is 0 Å². The second-order valence-electron chi connectivity index (χ2n) is 5.88. The lowest BCUT2D eigenvalue weighted by molar-refractivity contribution is 0.215. The fourth-order valence-electron chi connectivity index (χ4n) is 2.70. The van der Waals surface area contributed by atoms with Crippen LogP contribution >= 0.6 is 23.1 Å². The number of rotatable bonds is 2. The second kappa shape index (κ2) is 7.41. The van der Waals surface area contributed by atoms with Crippen molar-refractivity contribution in [3.05, 3.63) is 51.7 Å². The molecule has 1 fully saturated rings. The molecule has 0 spiro atoms. The van der Waals surface area contributed by atoms with Crippen molar-refractivity contribution in [2.45, 2.75) is 25.5 Å². The summed E-state index contributed by atoms with van der Waals surface area (Å²) in [5.41, 5.74) is 3.32. The van der Waals surface area contributed by atoms with Gasteiger partial charge in [0.2, 0.25) is 0 Å². The molecular weight excluding hydrogens is 324 g/mol. The predicted molar refractivity (Wildman–Crippen MR) is 101 cm³/mol. The topological polar surface area (TPSA) is 32.3 Å². The molecule has 122 valence electrons. The monoisotopic (exact) mass is 346 g/mol. The van der Waals surface area contributed by atoms with Crippen LogP contribution in [0.5, 0.6) is 0 Å². The third-order valence-corrected chi connectivity index (χ3v) is 6.69. The van der Waals surface area contributed by atoms with Crippen LogP contribution in [0.15, 0.2) is 35.7 Å². The van der Waals surface area contributed by atoms with Crippen molar-refractivity contribution in [2.24, 2.45) is 0 Å². The maximum absolute atomic E-state index is 12.5. The molecule has 2 heterocycles. The summed E-state index contributed by atoms with van der Waals surface area (Å²) in [5, 5.41) is 5.69. The van der Waals surface area contributed by atoms with E-state index in [0.29, 0.717) is 5.25 Å². The fourth-order valence-corrected chi connectivity index (χ4v) is 4.93. The minimum atomic E-state index is 0.0145. The molecule has 5 heteroatoms. The maximum Gasteiger partial charge on any atom is 0.321 e. The number of carbonyl (C=O) groups is 1. The van der Waals surface area contributed by atoms with Crippen LogP contribution in [0.4, 0.5) is 10.5 Å². The zero-order valence-electron chi connectivity index (χ0n) is 13.5. The number of nitrogens with zero attached hydrogens (tertiary/aromatic N) is 1. The quantitative estimate of drug-likeness (QED) is 0.822. The molecule has 3 nitrogen and oxygen atoms in total. The molecule has 3 rings (SSSR count). The number of benzene rings is 1. The number of hydrogen-bond acceptors (Lipinski definition) is 3. The lowest BCUT2D eigenvalue weighted by Gasteiger charge is -2.21. The van der Waals surface area contributed by atoms with Crippen molar-refractivity contribution in [1.82, 2.24) is 4.90 Å². The summed E-state index contributed by atoms with van der Waals surface area (Å²) in [4.78, 5) is 15.9. The number of carbonyl (C=O) groups excluding carboxylic acids is 1. The molecular formula is C18H22N2OS2. The van der Waals surface area contributed by atoms with Gasteiger partial charge in [-0.25, -0.2) is 4.79 Å². The normalized spacial score (nSPS) is 18.5. The Hall–Kier alpha value is -1.46. The number of anilines is 1. The molecule has 1 atom stereocenters. The first-order valence-corrected chi connectivity index (χ1v) is 9.84. The molecule has 1 aliphatic rings. The summed E-state index contributed by atoms with van der Waals surface area (Å²) >= 11 is 3.78. The van der Waals surface area contributed by atoms with Crippen LogP contribution in [0.1, 0.15) is 27.7 Å². The Kier molecular flexibility index (Phi) is 5.28. The number of aryl methyl sites for hydroxylation is 2. The Morgan fingerprint density at radius 3 is 2.83 bits per heavy atom. The molecule has 1 aromatic carbocycles. The van der Waals surface area contributed by atoms with Crippen molar-refractivity contribution >= 4 is 34.8 Å². The van der Waals surface area contributed by atoms with Gasteiger partial charge >= 0.3 is 6.03 Å². The summed E-state index contributed by atoms with van der Waals surface area (Å²) < 4.78 is 0. The zero-order chi connectivity index (χ0) is 16.2. The van der Waals surface area contributed by atoms with Crippen molar-refractivity contribution in [3.8, 4) is 0 Å². The van der Waals surface area contributed by atoms with Crippen molar-refractivity contribution in [2.75, 3.05) is 24.2 Å². The van der Waals surface area contributed by atoms with Gasteiger partial charge in [0.15, 0.2) is 0 Å². The number of hydrogen-bond donors (Lipinski definition) is 1. The van der Waals surface area contributed by atoms with Crippen LogP contribution < -0.4 is 5.32 Å². The number of thioether (sulfide) groups is 1. The van der Waals surface area contributed by atoms with Gasteiger partial charge in [0.25, 0.3) is 0 Å². The lowest BCUT2D eigenvalue weighted by atomic mass is 10.1. The van der Waals surface area contributed by atoms with Crippen LogP contribution in [0.2, 0.25) is 0 Å². The van der Waals surface area contributed by atoms with Gasteiger partial charge in [-0.1, -0.05) is 12.1 Å². The van der Waals surface area contributed by atoms with Gasteiger partial charge in [0, 0.05) is 34.7 Å². The Morgan fingerprint density at radius 1 is 1.22 bits per heavy atom. The summed E-state index contributed by atoms with van der Waals surface area (Å²) in [6.45, 7) is 5.77. The van der Waals surface area contributed by atoms with Gasteiger partial charge < -0.3 is 10.2 Å². The predicted octanol–water partition coefficient (Wildman–Crippen LogP) is 5.08. The van der Waals surface area contributed by atoms with E-state index in [1.54, 1.807) is 0 Å². The lowest BCUT2D eigenvalue weighted by Crippen LogP contribution is -2.36. The Labute approximate surface area is 146 Å². The Morgan fingerprint density at radius 2 is 2.09 bits per heavy atom. The second-order valence-corrected chi connectivity index (χ2v) is 8.17. The van der Waals surface area contributed by atoms with E-state index in [9.17, 15) is 4.79 Å². The van der Waals surface area contributed by atoms with E-state index in [2.05, 4.69) is 42.7 Å². The third kappa shape index (κ3) is 4.09. The van der Waals surface area contributed by atoms with Crippen LogP contribution in [0.3, 0.4) is 0 Å². The summed E-state index contributed by atoms with van der Waals surface area (Å²) in [5.74, 6) is 0.989. The first-order valence-electron chi connectivity index (χ1n) is 7.91. The Balaban J connectivity index is 1.60. The van der Waals surface area contributed by atoms with E-state index in [1.807, 2.05) is 40.1 Å². The van der Waals surface area contributed by atoms with E-state index >= 15 is 0 Å². The summed E-state index contributed by atoms with van der Waals surface area (Å²) in [7, 11) is 0. The number of urea groups is 1. The number of nitrogens with one attached hydrogen (secondary N) is 1. The first-order chi connectivity index (χ1) is 11.1. The van der Waals surface area contributed by atoms with E-state index in [1.165, 1.54) is 16.0 Å². The third-order valence-electron chi connectivity index (χ3n) is 4.25. The van der Waals surface area contributed by atoms with Crippen molar-refractivity contribution < 1.29 is 4.79 Å². The SMILES string of the molecule is Cc1ccc(NC(=O)N2CCSC(c3cccs3)CC2)cc1C. The van der Waals surface area contributed by atoms with Crippen LogP contribution in [0.25, 0.3) is 0 Å². The molecule has 1 unspecified atom stereocenters. The highest BCUT2D eigenvalue weighted by Crippen LogP contribution is 2.36. The molecule has 0 radical (unpaired) electrons. The highest BCUT2D eigenvalue weighted by molar-refractivity contribution is 7.99.